The standard InChI is InChI=1S/C18H13BrFNO3S/c1-11-2-6-14(7-3-11)25(23,24)21-17-8-12-4-5-13(20)9-15(12)18(19)16(17)10-22/h2-10,21H,1H3. The van der Waals surface area contributed by atoms with Crippen molar-refractivity contribution < 1.29 is 17.6 Å². The Labute approximate surface area is 152 Å². The molecule has 3 rings (SSSR count). The summed E-state index contributed by atoms with van der Waals surface area (Å²) < 4.78 is 41.4. The lowest BCUT2D eigenvalue weighted by Gasteiger charge is -2.13. The van der Waals surface area contributed by atoms with Gasteiger partial charge in [-0.25, -0.2) is 12.8 Å². The van der Waals surface area contributed by atoms with Crippen LogP contribution in [-0.4, -0.2) is 14.7 Å². The average Bonchev–Trinajstić information content (AvgIpc) is 2.56. The molecule has 128 valence electrons. The molecular formula is C18H13BrFNO3S. The summed E-state index contributed by atoms with van der Waals surface area (Å²) in [5.74, 6) is -0.446. The van der Waals surface area contributed by atoms with Gasteiger partial charge in [0, 0.05) is 4.47 Å². The van der Waals surface area contributed by atoms with Crippen molar-refractivity contribution in [2.75, 3.05) is 4.72 Å². The fourth-order valence-electron chi connectivity index (χ4n) is 2.46. The first kappa shape index (κ1) is 17.6. The normalized spacial score (nSPS) is 11.5. The molecule has 0 fully saturated rings. The van der Waals surface area contributed by atoms with E-state index >= 15 is 0 Å². The molecule has 0 aliphatic carbocycles. The molecule has 0 amide bonds. The minimum atomic E-state index is -3.86. The third-order valence-corrected chi connectivity index (χ3v) is 6.01. The second kappa shape index (κ2) is 6.57. The molecule has 0 bridgehead atoms. The molecule has 4 nitrogen and oxygen atoms in total. The van der Waals surface area contributed by atoms with Gasteiger partial charge in [-0.15, -0.1) is 0 Å². The van der Waals surface area contributed by atoms with Crippen molar-refractivity contribution in [1.29, 1.82) is 0 Å². The van der Waals surface area contributed by atoms with Crippen LogP contribution in [-0.2, 0) is 10.0 Å². The van der Waals surface area contributed by atoms with Gasteiger partial charge in [0.15, 0.2) is 6.29 Å². The number of fused-ring (bicyclic) bond motifs is 1. The van der Waals surface area contributed by atoms with E-state index in [1.54, 1.807) is 12.1 Å². The predicted octanol–water partition coefficient (Wildman–Crippen LogP) is 4.66. The lowest BCUT2D eigenvalue weighted by molar-refractivity contribution is 0.112. The molecule has 7 heteroatoms. The molecule has 0 heterocycles. The maximum absolute atomic E-state index is 13.5. The number of sulfonamides is 1. The van der Waals surface area contributed by atoms with Gasteiger partial charge in [0.05, 0.1) is 16.1 Å². The molecule has 0 atom stereocenters. The molecule has 3 aromatic rings. The molecule has 0 spiro atoms. The van der Waals surface area contributed by atoms with E-state index in [0.29, 0.717) is 21.5 Å². The fraction of sp³-hybridized carbons (Fsp3) is 0.0556. The minimum Gasteiger partial charge on any atom is -0.298 e. The first-order chi connectivity index (χ1) is 11.8. The molecule has 25 heavy (non-hydrogen) atoms. The van der Waals surface area contributed by atoms with Gasteiger partial charge in [0.2, 0.25) is 0 Å². The van der Waals surface area contributed by atoms with E-state index in [9.17, 15) is 17.6 Å². The van der Waals surface area contributed by atoms with Crippen molar-refractivity contribution >= 4 is 48.7 Å². The third-order valence-electron chi connectivity index (χ3n) is 3.77. The molecule has 0 saturated carbocycles. The van der Waals surface area contributed by atoms with Crippen LogP contribution in [0.25, 0.3) is 10.8 Å². The van der Waals surface area contributed by atoms with Gasteiger partial charge in [0.25, 0.3) is 10.0 Å². The zero-order valence-corrected chi connectivity index (χ0v) is 15.5. The van der Waals surface area contributed by atoms with Crippen molar-refractivity contribution in [3.63, 3.8) is 0 Å². The Morgan fingerprint density at radius 2 is 1.76 bits per heavy atom. The van der Waals surface area contributed by atoms with Crippen LogP contribution in [0.5, 0.6) is 0 Å². The Kier molecular flexibility index (Phi) is 4.62. The Morgan fingerprint density at radius 3 is 2.40 bits per heavy atom. The number of rotatable bonds is 4. The van der Waals surface area contributed by atoms with Crippen LogP contribution in [0.15, 0.2) is 57.9 Å². The van der Waals surface area contributed by atoms with E-state index in [2.05, 4.69) is 20.7 Å². The summed E-state index contributed by atoms with van der Waals surface area (Å²) in [4.78, 5) is 11.6. The first-order valence-electron chi connectivity index (χ1n) is 7.28. The number of aryl methyl sites for hydroxylation is 1. The molecule has 0 aliphatic rings. The number of halogens is 2. The predicted molar refractivity (Wildman–Crippen MR) is 99.0 cm³/mol. The van der Waals surface area contributed by atoms with Crippen LogP contribution in [0, 0.1) is 12.7 Å². The minimum absolute atomic E-state index is 0.0882. The van der Waals surface area contributed by atoms with Gasteiger partial charge in [-0.1, -0.05) is 23.8 Å². The van der Waals surface area contributed by atoms with Crippen LogP contribution < -0.4 is 4.72 Å². The van der Waals surface area contributed by atoms with Gasteiger partial charge in [-0.05, 0) is 64.0 Å². The van der Waals surface area contributed by atoms with Gasteiger partial charge in [-0.3, -0.25) is 9.52 Å². The Balaban J connectivity index is 2.13. The molecule has 0 saturated heterocycles. The van der Waals surface area contributed by atoms with Crippen LogP contribution in [0.4, 0.5) is 10.1 Å². The Hall–Kier alpha value is -2.25. The number of hydrogen-bond donors (Lipinski definition) is 1. The summed E-state index contributed by atoms with van der Waals surface area (Å²) >= 11 is 3.27. The number of aldehydes is 1. The molecule has 0 unspecified atom stereocenters. The quantitative estimate of drug-likeness (QED) is 0.622. The number of hydrogen-bond acceptors (Lipinski definition) is 3. The summed E-state index contributed by atoms with van der Waals surface area (Å²) in [5.41, 5.74) is 1.17. The zero-order valence-electron chi connectivity index (χ0n) is 13.1. The van der Waals surface area contributed by atoms with Crippen molar-refractivity contribution in [1.82, 2.24) is 0 Å². The lowest BCUT2D eigenvalue weighted by atomic mass is 10.1. The maximum atomic E-state index is 13.5. The van der Waals surface area contributed by atoms with Crippen molar-refractivity contribution in [3.8, 4) is 0 Å². The summed E-state index contributed by atoms with van der Waals surface area (Å²) in [6.07, 6.45) is 0.529. The summed E-state index contributed by atoms with van der Waals surface area (Å²) in [6, 6.07) is 11.9. The Bertz CT molecular complexity index is 1080. The topological polar surface area (TPSA) is 63.2 Å². The van der Waals surface area contributed by atoms with Gasteiger partial charge in [0.1, 0.15) is 5.82 Å². The number of carbonyl (C=O) groups is 1. The van der Waals surface area contributed by atoms with Crippen LogP contribution in [0.3, 0.4) is 0 Å². The first-order valence-corrected chi connectivity index (χ1v) is 9.56. The van der Waals surface area contributed by atoms with E-state index in [1.807, 2.05) is 6.92 Å². The maximum Gasteiger partial charge on any atom is 0.261 e. The lowest BCUT2D eigenvalue weighted by Crippen LogP contribution is -2.14. The second-order valence-corrected chi connectivity index (χ2v) is 8.03. The average molecular weight is 422 g/mol. The van der Waals surface area contributed by atoms with Crippen LogP contribution in [0.1, 0.15) is 15.9 Å². The number of benzene rings is 3. The Morgan fingerprint density at radius 1 is 1.08 bits per heavy atom. The van der Waals surface area contributed by atoms with E-state index in [-0.39, 0.29) is 16.1 Å². The van der Waals surface area contributed by atoms with Crippen LogP contribution in [0.2, 0.25) is 0 Å². The van der Waals surface area contributed by atoms with E-state index in [4.69, 9.17) is 0 Å². The molecule has 3 aromatic carbocycles. The number of anilines is 1. The number of nitrogens with one attached hydrogen (secondary N) is 1. The highest BCUT2D eigenvalue weighted by Gasteiger charge is 2.19. The van der Waals surface area contributed by atoms with E-state index < -0.39 is 15.8 Å². The molecule has 0 radical (unpaired) electrons. The highest BCUT2D eigenvalue weighted by molar-refractivity contribution is 9.10. The van der Waals surface area contributed by atoms with Crippen molar-refractivity contribution in [2.45, 2.75) is 11.8 Å². The number of carbonyl (C=O) groups excluding carboxylic acids is 1. The molecule has 0 aliphatic heterocycles. The molecular weight excluding hydrogens is 409 g/mol. The van der Waals surface area contributed by atoms with Gasteiger partial charge < -0.3 is 0 Å². The SMILES string of the molecule is Cc1ccc(S(=O)(=O)Nc2cc3ccc(F)cc3c(Br)c2C=O)cc1. The van der Waals surface area contributed by atoms with Gasteiger partial charge >= 0.3 is 0 Å². The smallest absolute Gasteiger partial charge is 0.261 e. The zero-order chi connectivity index (χ0) is 18.2. The van der Waals surface area contributed by atoms with E-state index in [0.717, 1.165) is 5.56 Å². The monoisotopic (exact) mass is 421 g/mol. The summed E-state index contributed by atoms with van der Waals surface area (Å²) in [7, 11) is -3.86. The molecule has 1 N–H and O–H groups in total. The van der Waals surface area contributed by atoms with Gasteiger partial charge in [-0.2, -0.15) is 0 Å². The van der Waals surface area contributed by atoms with Crippen molar-refractivity contribution in [2.24, 2.45) is 0 Å². The fourth-order valence-corrected chi connectivity index (χ4v) is 4.18. The summed E-state index contributed by atoms with van der Waals surface area (Å²) in [6.45, 7) is 1.86. The van der Waals surface area contributed by atoms with E-state index in [1.165, 1.54) is 36.4 Å². The van der Waals surface area contributed by atoms with Crippen molar-refractivity contribution in [3.05, 3.63) is 69.9 Å². The largest absolute Gasteiger partial charge is 0.298 e. The molecule has 0 aromatic heterocycles. The highest BCUT2D eigenvalue weighted by atomic mass is 79.9. The summed E-state index contributed by atoms with van der Waals surface area (Å²) in [5, 5.41) is 1.08. The second-order valence-electron chi connectivity index (χ2n) is 5.55. The highest BCUT2D eigenvalue weighted by Crippen LogP contribution is 2.34. The third kappa shape index (κ3) is 3.43. The van der Waals surface area contributed by atoms with Crippen LogP contribution >= 0.6 is 15.9 Å².